The Morgan fingerprint density at radius 3 is 2.76 bits per heavy atom. The number of ether oxygens (including phenoxy) is 1. The van der Waals surface area contributed by atoms with Crippen LogP contribution in [0.4, 0.5) is 19.4 Å². The number of anilines is 1. The molecule has 0 radical (unpaired) electrons. The molecule has 2 fully saturated rings. The predicted octanol–water partition coefficient (Wildman–Crippen LogP) is 1.82. The van der Waals surface area contributed by atoms with Gasteiger partial charge in [-0.05, 0) is 13.3 Å². The molecule has 0 N–H and O–H groups in total. The third-order valence-corrected chi connectivity index (χ3v) is 5.14. The lowest BCUT2D eigenvalue weighted by atomic mass is 9.88. The van der Waals surface area contributed by atoms with Gasteiger partial charge in [-0.1, -0.05) is 0 Å². The minimum atomic E-state index is -3.07. The van der Waals surface area contributed by atoms with Crippen LogP contribution in [0.25, 0.3) is 0 Å². The van der Waals surface area contributed by atoms with E-state index in [1.807, 2.05) is 11.8 Å². The number of methoxy groups -OCH3 is 1. The van der Waals surface area contributed by atoms with Crippen LogP contribution in [0.2, 0.25) is 0 Å². The smallest absolute Gasteiger partial charge is 0.410 e. The van der Waals surface area contributed by atoms with Gasteiger partial charge in [0.2, 0.25) is 0 Å². The quantitative estimate of drug-likeness (QED) is 0.771. The van der Waals surface area contributed by atoms with E-state index in [0.29, 0.717) is 18.8 Å². The van der Waals surface area contributed by atoms with Gasteiger partial charge >= 0.3 is 6.09 Å². The minimum absolute atomic E-state index is 0.115. The molecule has 3 rings (SSSR count). The second kappa shape index (κ2) is 6.20. The number of piperidine rings is 1. The highest BCUT2D eigenvalue weighted by atomic mass is 19.3. The van der Waals surface area contributed by atoms with Crippen LogP contribution in [0.3, 0.4) is 0 Å². The number of hydrogen-bond acceptors (Lipinski definition) is 6. The minimum Gasteiger partial charge on any atom is -0.453 e. The normalized spacial score (nSPS) is 28.8. The Balaban J connectivity index is 1.94. The molecule has 1 aromatic rings. The second-order valence-corrected chi connectivity index (χ2v) is 6.60. The lowest BCUT2D eigenvalue weighted by Gasteiger charge is -2.38. The number of halogens is 2. The molecule has 2 bridgehead atoms. The summed E-state index contributed by atoms with van der Waals surface area (Å²) in [6.07, 6.45) is 1.98. The first-order chi connectivity index (χ1) is 11.8. The van der Waals surface area contributed by atoms with Crippen molar-refractivity contribution in [3.63, 3.8) is 0 Å². The molecule has 0 spiro atoms. The van der Waals surface area contributed by atoms with Crippen molar-refractivity contribution in [1.29, 1.82) is 0 Å². The molecule has 2 aliphatic rings. The number of carbonyl (C=O) groups excluding carboxylic acids is 2. The second-order valence-electron chi connectivity index (χ2n) is 6.60. The number of carbonyl (C=O) groups is 2. The summed E-state index contributed by atoms with van der Waals surface area (Å²) in [6, 6.07) is 0.296. The first-order valence-electron chi connectivity index (χ1n) is 8.06. The summed E-state index contributed by atoms with van der Waals surface area (Å²) in [5, 5.41) is 0. The Morgan fingerprint density at radius 1 is 1.44 bits per heavy atom. The zero-order chi connectivity index (χ0) is 18.4. The molecule has 1 unspecified atom stereocenters. The summed E-state index contributed by atoms with van der Waals surface area (Å²) >= 11 is 0. The SMILES string of the molecule is COC(=O)N1[C@@H]2C[C@@H](C(C)N(c3cc(C(C)(F)F)ncn3)C2)[C@@H]1C=O. The highest BCUT2D eigenvalue weighted by Crippen LogP contribution is 2.40. The summed E-state index contributed by atoms with van der Waals surface area (Å²) in [5.41, 5.74) is -0.362. The van der Waals surface area contributed by atoms with Gasteiger partial charge in [0, 0.05) is 31.5 Å². The van der Waals surface area contributed by atoms with Crippen LogP contribution in [-0.4, -0.2) is 59.0 Å². The summed E-state index contributed by atoms with van der Waals surface area (Å²) in [4.78, 5) is 34.7. The molecular weight excluding hydrogens is 334 g/mol. The molecule has 7 nitrogen and oxygen atoms in total. The standard InChI is InChI=1S/C16H20F2N4O3/c1-9-11-4-10(22(12(11)7-23)15(24)25-3)6-21(9)14-5-13(16(2,17)18)19-8-20-14/h5,7-12H,4,6H2,1-3H3/t9?,10-,11+,12+/m1/s1. The maximum absolute atomic E-state index is 13.6. The van der Waals surface area contributed by atoms with E-state index in [0.717, 1.165) is 19.5 Å². The van der Waals surface area contributed by atoms with Gasteiger partial charge in [0.15, 0.2) is 0 Å². The van der Waals surface area contributed by atoms with Crippen molar-refractivity contribution in [2.75, 3.05) is 18.6 Å². The monoisotopic (exact) mass is 354 g/mol. The van der Waals surface area contributed by atoms with E-state index in [1.165, 1.54) is 18.1 Å². The van der Waals surface area contributed by atoms with Crippen LogP contribution in [0.5, 0.6) is 0 Å². The van der Waals surface area contributed by atoms with Crippen LogP contribution in [0.1, 0.15) is 26.0 Å². The number of alkyl halides is 2. The fourth-order valence-corrected chi connectivity index (χ4v) is 3.88. The Bertz CT molecular complexity index is 682. The van der Waals surface area contributed by atoms with Crippen LogP contribution in [0, 0.1) is 5.92 Å². The van der Waals surface area contributed by atoms with Gasteiger partial charge in [0.25, 0.3) is 5.92 Å². The molecule has 0 aliphatic carbocycles. The summed E-state index contributed by atoms with van der Waals surface area (Å²) in [7, 11) is 1.27. The van der Waals surface area contributed by atoms with E-state index >= 15 is 0 Å². The zero-order valence-corrected chi connectivity index (χ0v) is 14.2. The van der Waals surface area contributed by atoms with Crippen LogP contribution in [-0.2, 0) is 15.5 Å². The van der Waals surface area contributed by atoms with Crippen molar-refractivity contribution in [3.8, 4) is 0 Å². The molecule has 25 heavy (non-hydrogen) atoms. The van der Waals surface area contributed by atoms with E-state index < -0.39 is 18.1 Å². The van der Waals surface area contributed by atoms with Crippen molar-refractivity contribution in [2.45, 2.75) is 44.3 Å². The molecule has 2 aliphatic heterocycles. The summed E-state index contributed by atoms with van der Waals surface area (Å²) in [6.45, 7) is 3.08. The van der Waals surface area contributed by atoms with Gasteiger partial charge in [-0.15, -0.1) is 0 Å². The third-order valence-electron chi connectivity index (χ3n) is 5.14. The zero-order valence-electron chi connectivity index (χ0n) is 14.2. The average Bonchev–Trinajstić information content (AvgIpc) is 2.90. The molecule has 0 saturated carbocycles. The third kappa shape index (κ3) is 2.91. The van der Waals surface area contributed by atoms with E-state index in [1.54, 1.807) is 0 Å². The van der Waals surface area contributed by atoms with Crippen molar-refractivity contribution in [2.24, 2.45) is 5.92 Å². The number of amides is 1. The Labute approximate surface area is 144 Å². The number of hydrogen-bond donors (Lipinski definition) is 0. The van der Waals surface area contributed by atoms with E-state index in [-0.39, 0.29) is 23.7 Å². The summed E-state index contributed by atoms with van der Waals surface area (Å²) < 4.78 is 31.9. The lowest BCUT2D eigenvalue weighted by Crippen LogP contribution is -2.48. The predicted molar refractivity (Wildman–Crippen MR) is 84.4 cm³/mol. The van der Waals surface area contributed by atoms with Crippen molar-refractivity contribution in [3.05, 3.63) is 18.1 Å². The number of fused-ring (bicyclic) bond motifs is 2. The Hall–Kier alpha value is -2.32. The molecule has 2 saturated heterocycles. The fraction of sp³-hybridized carbons (Fsp3) is 0.625. The maximum atomic E-state index is 13.6. The van der Waals surface area contributed by atoms with Gasteiger partial charge in [-0.2, -0.15) is 8.78 Å². The molecule has 1 amide bonds. The van der Waals surface area contributed by atoms with Gasteiger partial charge < -0.3 is 14.4 Å². The van der Waals surface area contributed by atoms with Gasteiger partial charge in [0.05, 0.1) is 19.2 Å². The lowest BCUT2D eigenvalue weighted by molar-refractivity contribution is -0.112. The van der Waals surface area contributed by atoms with Crippen LogP contribution < -0.4 is 4.90 Å². The topological polar surface area (TPSA) is 75.6 Å². The highest BCUT2D eigenvalue weighted by molar-refractivity contribution is 5.75. The Morgan fingerprint density at radius 2 is 2.16 bits per heavy atom. The van der Waals surface area contributed by atoms with Crippen molar-refractivity contribution >= 4 is 18.2 Å². The molecule has 0 aromatic carbocycles. The molecule has 4 atom stereocenters. The number of likely N-dealkylation sites (tertiary alicyclic amines) is 1. The summed E-state index contributed by atoms with van der Waals surface area (Å²) in [5.74, 6) is -2.82. The number of nitrogens with zero attached hydrogens (tertiary/aromatic N) is 4. The fourth-order valence-electron chi connectivity index (χ4n) is 3.88. The number of rotatable bonds is 3. The van der Waals surface area contributed by atoms with Crippen molar-refractivity contribution < 1.29 is 23.1 Å². The Kier molecular flexibility index (Phi) is 4.34. The number of aldehydes is 1. The highest BCUT2D eigenvalue weighted by Gasteiger charge is 2.52. The van der Waals surface area contributed by atoms with E-state index in [2.05, 4.69) is 9.97 Å². The molecule has 3 heterocycles. The van der Waals surface area contributed by atoms with Crippen molar-refractivity contribution in [1.82, 2.24) is 14.9 Å². The maximum Gasteiger partial charge on any atom is 0.410 e. The van der Waals surface area contributed by atoms with Crippen LogP contribution >= 0.6 is 0 Å². The van der Waals surface area contributed by atoms with E-state index in [4.69, 9.17) is 4.74 Å². The molecular formula is C16H20F2N4O3. The largest absolute Gasteiger partial charge is 0.453 e. The molecule has 136 valence electrons. The van der Waals surface area contributed by atoms with E-state index in [9.17, 15) is 18.4 Å². The van der Waals surface area contributed by atoms with Gasteiger partial charge in [0.1, 0.15) is 24.1 Å². The first-order valence-corrected chi connectivity index (χ1v) is 8.06. The van der Waals surface area contributed by atoms with Gasteiger partial charge in [-0.25, -0.2) is 14.8 Å². The number of aromatic nitrogens is 2. The molecule has 1 aromatic heterocycles. The first kappa shape index (κ1) is 17.5. The van der Waals surface area contributed by atoms with Gasteiger partial charge in [-0.3, -0.25) is 4.90 Å². The molecule has 9 heteroatoms. The average molecular weight is 354 g/mol. The van der Waals surface area contributed by atoms with Crippen LogP contribution in [0.15, 0.2) is 12.4 Å².